The molecule has 1 aromatic heterocycles. The minimum atomic E-state index is -0.210. The second kappa shape index (κ2) is 6.35. The van der Waals surface area contributed by atoms with E-state index in [1.54, 1.807) is 30.5 Å². The summed E-state index contributed by atoms with van der Waals surface area (Å²) in [6.07, 6.45) is 1.71. The first kappa shape index (κ1) is 14.3. The van der Waals surface area contributed by atoms with E-state index in [1.807, 2.05) is 17.7 Å². The molecule has 6 heteroatoms. The maximum Gasteiger partial charge on any atom is 0.251 e. The van der Waals surface area contributed by atoms with Crippen LogP contribution in [-0.2, 0) is 13.1 Å². The van der Waals surface area contributed by atoms with Crippen molar-refractivity contribution in [2.45, 2.75) is 20.0 Å². The Labute approximate surface area is 125 Å². The molecule has 20 heavy (non-hydrogen) atoms. The maximum absolute atomic E-state index is 12.1. The van der Waals surface area contributed by atoms with Gasteiger partial charge in [0.25, 0.3) is 5.91 Å². The lowest BCUT2D eigenvalue weighted by molar-refractivity contribution is 0.0950. The fraction of sp³-hybridized carbons (Fsp3) is 0.214. The van der Waals surface area contributed by atoms with Gasteiger partial charge in [-0.2, -0.15) is 10.4 Å². The predicted molar refractivity (Wildman–Crippen MR) is 77.9 cm³/mol. The lowest BCUT2D eigenvalue weighted by Crippen LogP contribution is -2.24. The van der Waals surface area contributed by atoms with E-state index in [0.717, 1.165) is 16.7 Å². The second-order valence-corrected chi connectivity index (χ2v) is 4.98. The van der Waals surface area contributed by atoms with Crippen molar-refractivity contribution < 1.29 is 4.79 Å². The molecule has 5 nitrogen and oxygen atoms in total. The molecule has 0 saturated heterocycles. The van der Waals surface area contributed by atoms with Gasteiger partial charge in [-0.1, -0.05) is 6.07 Å². The minimum absolute atomic E-state index is 0.210. The van der Waals surface area contributed by atoms with Crippen molar-refractivity contribution in [1.82, 2.24) is 15.1 Å². The SMILES string of the molecule is CCn1ncc(Br)c1CNC(=O)c1cccc(C#N)c1. The van der Waals surface area contributed by atoms with Crippen LogP contribution in [0.5, 0.6) is 0 Å². The molecule has 0 aliphatic carbocycles. The number of benzene rings is 1. The first-order valence-electron chi connectivity index (χ1n) is 6.14. The highest BCUT2D eigenvalue weighted by atomic mass is 79.9. The van der Waals surface area contributed by atoms with E-state index in [0.29, 0.717) is 17.7 Å². The van der Waals surface area contributed by atoms with Crippen LogP contribution in [0.4, 0.5) is 0 Å². The van der Waals surface area contributed by atoms with Gasteiger partial charge < -0.3 is 5.32 Å². The molecule has 1 heterocycles. The Balaban J connectivity index is 2.09. The van der Waals surface area contributed by atoms with E-state index in [2.05, 4.69) is 26.3 Å². The Morgan fingerprint density at radius 3 is 3.05 bits per heavy atom. The lowest BCUT2D eigenvalue weighted by atomic mass is 10.1. The Bertz CT molecular complexity index is 672. The molecular weight excluding hydrogens is 320 g/mol. The van der Waals surface area contributed by atoms with Crippen LogP contribution in [-0.4, -0.2) is 15.7 Å². The van der Waals surface area contributed by atoms with Gasteiger partial charge in [0.15, 0.2) is 0 Å². The maximum atomic E-state index is 12.1. The number of halogens is 1. The van der Waals surface area contributed by atoms with Crippen molar-refractivity contribution in [2.24, 2.45) is 0 Å². The minimum Gasteiger partial charge on any atom is -0.346 e. The summed E-state index contributed by atoms with van der Waals surface area (Å²) in [5.74, 6) is -0.210. The number of carbonyl (C=O) groups is 1. The van der Waals surface area contributed by atoms with Crippen molar-refractivity contribution in [3.63, 3.8) is 0 Å². The Morgan fingerprint density at radius 1 is 1.55 bits per heavy atom. The van der Waals surface area contributed by atoms with Gasteiger partial charge in [0, 0.05) is 12.1 Å². The largest absolute Gasteiger partial charge is 0.346 e. The highest BCUT2D eigenvalue weighted by molar-refractivity contribution is 9.10. The summed E-state index contributed by atoms with van der Waals surface area (Å²) in [5.41, 5.74) is 1.86. The third kappa shape index (κ3) is 3.06. The topological polar surface area (TPSA) is 70.7 Å². The summed E-state index contributed by atoms with van der Waals surface area (Å²) in [6.45, 7) is 3.10. The predicted octanol–water partition coefficient (Wildman–Crippen LogP) is 2.47. The number of aromatic nitrogens is 2. The fourth-order valence-corrected chi connectivity index (χ4v) is 2.27. The van der Waals surface area contributed by atoms with Crippen molar-refractivity contribution in [3.8, 4) is 6.07 Å². The highest BCUT2D eigenvalue weighted by Crippen LogP contribution is 2.15. The summed E-state index contributed by atoms with van der Waals surface area (Å²) in [7, 11) is 0. The molecule has 2 aromatic rings. The van der Waals surface area contributed by atoms with Crippen LogP contribution in [0.25, 0.3) is 0 Å². The summed E-state index contributed by atoms with van der Waals surface area (Å²) < 4.78 is 2.68. The van der Waals surface area contributed by atoms with Crippen molar-refractivity contribution in [1.29, 1.82) is 5.26 Å². The van der Waals surface area contributed by atoms with Crippen LogP contribution in [0.15, 0.2) is 34.9 Å². The van der Waals surface area contributed by atoms with Gasteiger partial charge in [-0.15, -0.1) is 0 Å². The zero-order valence-corrected chi connectivity index (χ0v) is 12.5. The number of nitriles is 1. The van der Waals surface area contributed by atoms with Crippen LogP contribution in [0.1, 0.15) is 28.5 Å². The second-order valence-electron chi connectivity index (χ2n) is 4.13. The van der Waals surface area contributed by atoms with Crippen LogP contribution < -0.4 is 5.32 Å². The van der Waals surface area contributed by atoms with Crippen LogP contribution in [0.3, 0.4) is 0 Å². The third-order valence-corrected chi connectivity index (χ3v) is 3.53. The molecular formula is C14H13BrN4O. The van der Waals surface area contributed by atoms with Gasteiger partial charge in [0.2, 0.25) is 0 Å². The molecule has 1 N–H and O–H groups in total. The average molecular weight is 333 g/mol. The molecule has 1 amide bonds. The van der Waals surface area contributed by atoms with Gasteiger partial charge in [-0.3, -0.25) is 9.48 Å². The number of hydrogen-bond donors (Lipinski definition) is 1. The summed E-state index contributed by atoms with van der Waals surface area (Å²) in [6, 6.07) is 8.63. The molecule has 0 saturated carbocycles. The summed E-state index contributed by atoms with van der Waals surface area (Å²) >= 11 is 3.41. The van der Waals surface area contributed by atoms with Crippen molar-refractivity contribution in [2.75, 3.05) is 0 Å². The molecule has 0 spiro atoms. The number of rotatable bonds is 4. The molecule has 0 atom stereocenters. The van der Waals surface area contributed by atoms with E-state index in [9.17, 15) is 4.79 Å². The standard InChI is InChI=1S/C14H13BrN4O/c1-2-19-13(12(15)8-18-19)9-17-14(20)11-5-3-4-10(6-11)7-16/h3-6,8H,2,9H2,1H3,(H,17,20). The first-order valence-corrected chi connectivity index (χ1v) is 6.93. The average Bonchev–Trinajstić information content (AvgIpc) is 2.85. The van der Waals surface area contributed by atoms with E-state index in [1.165, 1.54) is 0 Å². The molecule has 0 radical (unpaired) electrons. The van der Waals surface area contributed by atoms with Crippen molar-refractivity contribution in [3.05, 3.63) is 51.8 Å². The van der Waals surface area contributed by atoms with Crippen LogP contribution in [0.2, 0.25) is 0 Å². The quantitative estimate of drug-likeness (QED) is 0.934. The molecule has 2 rings (SSSR count). The highest BCUT2D eigenvalue weighted by Gasteiger charge is 2.10. The number of aryl methyl sites for hydroxylation is 1. The Hall–Kier alpha value is -2.13. The van der Waals surface area contributed by atoms with Gasteiger partial charge in [-0.25, -0.2) is 0 Å². The van der Waals surface area contributed by atoms with Crippen LogP contribution >= 0.6 is 15.9 Å². The number of amides is 1. The Morgan fingerprint density at radius 2 is 2.35 bits per heavy atom. The molecule has 0 aliphatic rings. The Kier molecular flexibility index (Phi) is 4.53. The number of hydrogen-bond acceptors (Lipinski definition) is 3. The molecule has 102 valence electrons. The lowest BCUT2D eigenvalue weighted by Gasteiger charge is -2.08. The molecule has 0 fully saturated rings. The van der Waals surface area contributed by atoms with Gasteiger partial charge in [-0.05, 0) is 41.1 Å². The monoisotopic (exact) mass is 332 g/mol. The summed E-state index contributed by atoms with van der Waals surface area (Å²) in [4.78, 5) is 12.1. The molecule has 0 aliphatic heterocycles. The zero-order chi connectivity index (χ0) is 14.5. The van der Waals surface area contributed by atoms with Crippen LogP contribution in [0, 0.1) is 11.3 Å². The number of carbonyl (C=O) groups excluding carboxylic acids is 1. The normalized spacial score (nSPS) is 10.1. The van der Waals surface area contributed by atoms with Crippen molar-refractivity contribution >= 4 is 21.8 Å². The van der Waals surface area contributed by atoms with Gasteiger partial charge >= 0.3 is 0 Å². The van der Waals surface area contributed by atoms with E-state index in [-0.39, 0.29) is 5.91 Å². The smallest absolute Gasteiger partial charge is 0.251 e. The van der Waals surface area contributed by atoms with E-state index < -0.39 is 0 Å². The third-order valence-electron chi connectivity index (χ3n) is 2.87. The molecule has 0 unspecified atom stereocenters. The first-order chi connectivity index (χ1) is 9.65. The van der Waals surface area contributed by atoms with Gasteiger partial charge in [0.1, 0.15) is 0 Å². The van der Waals surface area contributed by atoms with E-state index >= 15 is 0 Å². The molecule has 0 bridgehead atoms. The molecule has 1 aromatic carbocycles. The van der Waals surface area contributed by atoms with E-state index in [4.69, 9.17) is 5.26 Å². The number of nitrogens with zero attached hydrogens (tertiary/aromatic N) is 3. The van der Waals surface area contributed by atoms with Gasteiger partial charge in [0.05, 0.1) is 34.5 Å². The fourth-order valence-electron chi connectivity index (χ4n) is 1.83. The number of nitrogens with one attached hydrogen (secondary N) is 1. The summed E-state index contributed by atoms with van der Waals surface area (Å²) in [5, 5.41) is 15.8. The zero-order valence-electron chi connectivity index (χ0n) is 10.9.